The van der Waals surface area contributed by atoms with Gasteiger partial charge in [-0.2, -0.15) is 5.10 Å². The monoisotopic (exact) mass is 267 g/mol. The number of fused-ring (bicyclic) bond motifs is 1. The summed E-state index contributed by atoms with van der Waals surface area (Å²) in [5, 5.41) is 6.57. The highest BCUT2D eigenvalue weighted by molar-refractivity contribution is 6.21. The summed E-state index contributed by atoms with van der Waals surface area (Å²) in [7, 11) is 0. The third-order valence-corrected chi connectivity index (χ3v) is 3.60. The van der Waals surface area contributed by atoms with Crippen LogP contribution in [0.15, 0.2) is 10.9 Å². The van der Waals surface area contributed by atoms with Gasteiger partial charge in [0, 0.05) is 19.2 Å². The number of rotatable bonds is 1. The molecule has 3 rings (SSSR count). The van der Waals surface area contributed by atoms with Crippen LogP contribution >= 0.6 is 11.6 Å². The van der Waals surface area contributed by atoms with Gasteiger partial charge in [-0.15, -0.1) is 11.6 Å². The molecule has 0 aromatic carbocycles. The zero-order valence-electron chi connectivity index (χ0n) is 10.1. The van der Waals surface area contributed by atoms with Crippen molar-refractivity contribution in [1.82, 2.24) is 19.6 Å². The summed E-state index contributed by atoms with van der Waals surface area (Å²) in [5.74, 6) is 1.47. The van der Waals surface area contributed by atoms with Gasteiger partial charge in [0.25, 0.3) is 0 Å². The Kier molecular flexibility index (Phi) is 2.74. The van der Waals surface area contributed by atoms with Gasteiger partial charge >= 0.3 is 5.69 Å². The fraction of sp³-hybridized carbons (Fsp3) is 0.545. The molecule has 1 atom stereocenters. The van der Waals surface area contributed by atoms with Crippen molar-refractivity contribution in [2.75, 3.05) is 18.0 Å². The molecule has 1 N–H and O–H groups in total. The Labute approximate surface area is 109 Å². The van der Waals surface area contributed by atoms with Crippen molar-refractivity contribution >= 4 is 23.1 Å². The second kappa shape index (κ2) is 4.28. The van der Waals surface area contributed by atoms with Crippen LogP contribution in [0.4, 0.5) is 5.82 Å². The number of anilines is 1. The zero-order chi connectivity index (χ0) is 12.7. The molecule has 0 saturated carbocycles. The quantitative estimate of drug-likeness (QED) is 0.781. The molecule has 7 heteroatoms. The van der Waals surface area contributed by atoms with E-state index < -0.39 is 0 Å². The number of halogens is 1. The first-order valence-electron chi connectivity index (χ1n) is 5.99. The smallest absolute Gasteiger partial charge is 0.349 e. The topological polar surface area (TPSA) is 66.3 Å². The van der Waals surface area contributed by atoms with Crippen molar-refractivity contribution in [3.8, 4) is 0 Å². The third kappa shape index (κ3) is 1.86. The molecule has 2 aromatic rings. The molecule has 1 unspecified atom stereocenters. The van der Waals surface area contributed by atoms with Gasteiger partial charge in [-0.1, -0.05) is 0 Å². The number of piperidine rings is 1. The van der Waals surface area contributed by atoms with Crippen molar-refractivity contribution in [2.24, 2.45) is 0 Å². The van der Waals surface area contributed by atoms with Crippen molar-refractivity contribution in [2.45, 2.75) is 25.1 Å². The summed E-state index contributed by atoms with van der Waals surface area (Å²) in [4.78, 5) is 18.1. The highest BCUT2D eigenvalue weighted by Gasteiger charge is 2.20. The molecule has 0 bridgehead atoms. The summed E-state index contributed by atoms with van der Waals surface area (Å²) in [6.45, 7) is 3.54. The number of alkyl halides is 1. The van der Waals surface area contributed by atoms with Gasteiger partial charge in [0.2, 0.25) is 0 Å². The standard InChI is InChI=1S/C11H14ClN5O/c1-7-13-9(16-4-2-3-8(12)6-16)5-10-14-15-11(18)17(7)10/h5,8H,2-4,6H2,1H3,(H,15,18). The van der Waals surface area contributed by atoms with Crippen LogP contribution in [0.2, 0.25) is 0 Å². The zero-order valence-corrected chi connectivity index (χ0v) is 10.8. The Balaban J connectivity index is 2.04. The largest absolute Gasteiger partial charge is 0.355 e. The number of aryl methyl sites for hydroxylation is 1. The Hall–Kier alpha value is -1.56. The number of nitrogens with zero attached hydrogens (tertiary/aromatic N) is 4. The lowest BCUT2D eigenvalue weighted by atomic mass is 10.1. The number of hydrogen-bond donors (Lipinski definition) is 1. The van der Waals surface area contributed by atoms with Crippen LogP contribution in [-0.2, 0) is 0 Å². The molecular weight excluding hydrogens is 254 g/mol. The number of hydrogen-bond acceptors (Lipinski definition) is 4. The van der Waals surface area contributed by atoms with E-state index in [1.807, 2.05) is 6.07 Å². The molecule has 0 aliphatic carbocycles. The van der Waals surface area contributed by atoms with E-state index in [2.05, 4.69) is 20.1 Å². The van der Waals surface area contributed by atoms with E-state index in [1.54, 1.807) is 6.92 Å². The molecule has 0 radical (unpaired) electrons. The normalized spacial score (nSPS) is 20.6. The number of H-pyrrole nitrogens is 1. The van der Waals surface area contributed by atoms with Crippen LogP contribution in [0.5, 0.6) is 0 Å². The molecule has 1 aliphatic heterocycles. The fourth-order valence-corrected chi connectivity index (χ4v) is 2.70. The van der Waals surface area contributed by atoms with Crippen molar-refractivity contribution in [3.63, 3.8) is 0 Å². The highest BCUT2D eigenvalue weighted by Crippen LogP contribution is 2.21. The van der Waals surface area contributed by atoms with E-state index in [-0.39, 0.29) is 11.1 Å². The summed E-state index contributed by atoms with van der Waals surface area (Å²) < 4.78 is 1.46. The second-order valence-electron chi connectivity index (χ2n) is 4.57. The second-order valence-corrected chi connectivity index (χ2v) is 5.19. The van der Waals surface area contributed by atoms with Crippen molar-refractivity contribution in [3.05, 3.63) is 22.4 Å². The van der Waals surface area contributed by atoms with E-state index in [1.165, 1.54) is 4.40 Å². The molecule has 0 spiro atoms. The van der Waals surface area contributed by atoms with Crippen molar-refractivity contribution in [1.29, 1.82) is 0 Å². The summed E-state index contributed by atoms with van der Waals surface area (Å²) in [6.07, 6.45) is 2.11. The van der Waals surface area contributed by atoms with Gasteiger partial charge in [0.1, 0.15) is 11.6 Å². The van der Waals surface area contributed by atoms with E-state index in [4.69, 9.17) is 11.6 Å². The molecule has 96 valence electrons. The first kappa shape index (κ1) is 11.5. The van der Waals surface area contributed by atoms with Crippen LogP contribution in [-0.4, -0.2) is 38.0 Å². The van der Waals surface area contributed by atoms with E-state index in [0.717, 1.165) is 31.7 Å². The minimum atomic E-state index is -0.254. The van der Waals surface area contributed by atoms with Crippen LogP contribution in [0, 0.1) is 6.92 Å². The number of aromatic amines is 1. The number of nitrogens with one attached hydrogen (secondary N) is 1. The lowest BCUT2D eigenvalue weighted by molar-refractivity contribution is 0.579. The molecule has 1 aliphatic rings. The third-order valence-electron chi connectivity index (χ3n) is 3.24. The van der Waals surface area contributed by atoms with Gasteiger partial charge in [-0.05, 0) is 19.8 Å². The van der Waals surface area contributed by atoms with Crippen molar-refractivity contribution < 1.29 is 0 Å². The maximum Gasteiger partial charge on any atom is 0.349 e. The highest BCUT2D eigenvalue weighted by atomic mass is 35.5. The molecule has 1 fully saturated rings. The van der Waals surface area contributed by atoms with E-state index in [0.29, 0.717) is 11.5 Å². The van der Waals surface area contributed by atoms with E-state index >= 15 is 0 Å². The average molecular weight is 268 g/mol. The van der Waals surface area contributed by atoms with Gasteiger partial charge in [0.15, 0.2) is 5.65 Å². The first-order valence-corrected chi connectivity index (χ1v) is 6.42. The SMILES string of the molecule is Cc1nc(N2CCCC(Cl)C2)cc2n[nH]c(=O)n12. The molecule has 18 heavy (non-hydrogen) atoms. The van der Waals surface area contributed by atoms with Crippen LogP contribution in [0.3, 0.4) is 0 Å². The summed E-state index contributed by atoms with van der Waals surface area (Å²) in [5.41, 5.74) is 0.342. The fourth-order valence-electron chi connectivity index (χ4n) is 2.38. The Morgan fingerprint density at radius 3 is 3.17 bits per heavy atom. The van der Waals surface area contributed by atoms with Gasteiger partial charge in [0.05, 0.1) is 5.38 Å². The summed E-state index contributed by atoms with van der Waals surface area (Å²) in [6, 6.07) is 1.82. The molecule has 1 saturated heterocycles. The van der Waals surface area contributed by atoms with Gasteiger partial charge in [-0.25, -0.2) is 19.3 Å². The molecular formula is C11H14ClN5O. The predicted octanol–water partition coefficient (Wildman–Crippen LogP) is 0.934. The number of aromatic nitrogens is 4. The molecule has 3 heterocycles. The Morgan fingerprint density at radius 1 is 1.56 bits per heavy atom. The van der Waals surface area contributed by atoms with Crippen LogP contribution < -0.4 is 10.6 Å². The van der Waals surface area contributed by atoms with Crippen LogP contribution in [0.1, 0.15) is 18.7 Å². The average Bonchev–Trinajstić information content (AvgIpc) is 2.71. The minimum absolute atomic E-state index is 0.165. The lowest BCUT2D eigenvalue weighted by Crippen LogP contribution is -2.36. The Bertz CT molecular complexity index is 634. The van der Waals surface area contributed by atoms with Crippen LogP contribution in [0.25, 0.3) is 5.65 Å². The summed E-state index contributed by atoms with van der Waals surface area (Å²) >= 11 is 6.18. The van der Waals surface area contributed by atoms with E-state index in [9.17, 15) is 4.79 Å². The predicted molar refractivity (Wildman–Crippen MR) is 69.4 cm³/mol. The minimum Gasteiger partial charge on any atom is -0.355 e. The lowest BCUT2D eigenvalue weighted by Gasteiger charge is -2.30. The molecule has 0 amide bonds. The molecule has 6 nitrogen and oxygen atoms in total. The Morgan fingerprint density at radius 2 is 2.39 bits per heavy atom. The van der Waals surface area contributed by atoms with Gasteiger partial charge < -0.3 is 4.90 Å². The first-order chi connectivity index (χ1) is 8.65. The van der Waals surface area contributed by atoms with Gasteiger partial charge in [-0.3, -0.25) is 0 Å². The maximum atomic E-state index is 11.5. The maximum absolute atomic E-state index is 11.5. The molecule has 2 aromatic heterocycles.